The molecule has 0 radical (unpaired) electrons. The maximum Gasteiger partial charge on any atom is 0.126 e. The summed E-state index contributed by atoms with van der Waals surface area (Å²) in [5.41, 5.74) is 4.89. The minimum atomic E-state index is -0.672. The summed E-state index contributed by atoms with van der Waals surface area (Å²) < 4.78 is 13.6. The Kier molecular flexibility index (Phi) is 7.10. The van der Waals surface area contributed by atoms with Gasteiger partial charge in [-0.2, -0.15) is 0 Å². The minimum Gasteiger partial charge on any atom is -0.508 e. The predicted molar refractivity (Wildman–Crippen MR) is 109 cm³/mol. The van der Waals surface area contributed by atoms with Crippen molar-refractivity contribution in [3.05, 3.63) is 52.1 Å². The van der Waals surface area contributed by atoms with E-state index in [1.54, 1.807) is 13.0 Å². The number of phenolic OH excluding ortho intramolecular Hbond substituents is 1. The van der Waals surface area contributed by atoms with E-state index in [1.807, 2.05) is 0 Å². The van der Waals surface area contributed by atoms with Gasteiger partial charge in [0.05, 0.1) is 6.10 Å². The second-order valence-electron chi connectivity index (χ2n) is 8.16. The first-order valence-corrected chi connectivity index (χ1v) is 10.1. The number of phenols is 1. The van der Waals surface area contributed by atoms with Crippen LogP contribution in [0.25, 0.3) is 0 Å². The summed E-state index contributed by atoms with van der Waals surface area (Å²) in [6, 6.07) is 4.21. The molecule has 0 saturated heterocycles. The summed E-state index contributed by atoms with van der Waals surface area (Å²) in [6.07, 6.45) is 2.28. The maximum atomic E-state index is 13.6. The first-order valence-electron chi connectivity index (χ1n) is 10.1. The number of benzene rings is 1. The Morgan fingerprint density at radius 3 is 2.19 bits per heavy atom. The van der Waals surface area contributed by atoms with Crippen LogP contribution in [0, 0.1) is 17.7 Å². The van der Waals surface area contributed by atoms with Gasteiger partial charge in [0.25, 0.3) is 0 Å². The van der Waals surface area contributed by atoms with Crippen LogP contribution in [0.3, 0.4) is 0 Å². The van der Waals surface area contributed by atoms with Crippen LogP contribution in [-0.2, 0) is 0 Å². The van der Waals surface area contributed by atoms with Crippen LogP contribution in [0.5, 0.6) is 5.75 Å². The smallest absolute Gasteiger partial charge is 0.126 e. The first kappa shape index (κ1) is 21.5. The molecule has 1 heterocycles. The lowest BCUT2D eigenvalue weighted by atomic mass is 9.73. The molecule has 0 bridgehead atoms. The van der Waals surface area contributed by atoms with Gasteiger partial charge in [-0.25, -0.2) is 4.39 Å². The van der Waals surface area contributed by atoms with Crippen molar-refractivity contribution in [2.75, 3.05) is 0 Å². The molecular weight excluding hydrogens is 341 g/mol. The molecule has 1 aliphatic heterocycles. The second kappa shape index (κ2) is 8.92. The van der Waals surface area contributed by atoms with E-state index in [9.17, 15) is 14.6 Å². The molecule has 0 amide bonds. The average molecular weight is 376 g/mol. The molecule has 1 unspecified atom stereocenters. The SMILES string of the molecule is CCCCC1=C(C(C)C)NC(C(C)C)=C([C@@H](C)O)C1c1ccc(F)cc1O. The highest BCUT2D eigenvalue weighted by Gasteiger charge is 2.36. The molecule has 4 heteroatoms. The van der Waals surface area contributed by atoms with E-state index >= 15 is 0 Å². The molecule has 3 nitrogen and oxygen atoms in total. The highest BCUT2D eigenvalue weighted by molar-refractivity contribution is 5.52. The summed E-state index contributed by atoms with van der Waals surface area (Å²) in [5.74, 6) is -0.277. The number of aromatic hydroxyl groups is 1. The summed E-state index contributed by atoms with van der Waals surface area (Å²) >= 11 is 0. The molecule has 150 valence electrons. The summed E-state index contributed by atoms with van der Waals surface area (Å²) in [7, 11) is 0. The first-order chi connectivity index (χ1) is 12.7. The molecule has 0 aromatic heterocycles. The Morgan fingerprint density at radius 1 is 1.07 bits per heavy atom. The number of nitrogens with one attached hydrogen (secondary N) is 1. The molecule has 3 N–H and O–H groups in total. The Bertz CT molecular complexity index is 732. The van der Waals surface area contributed by atoms with Gasteiger partial charge in [-0.05, 0) is 48.8 Å². The van der Waals surface area contributed by atoms with Gasteiger partial charge in [0.2, 0.25) is 0 Å². The van der Waals surface area contributed by atoms with Crippen molar-refractivity contribution >= 4 is 0 Å². The fourth-order valence-corrected chi connectivity index (χ4v) is 4.02. The quantitative estimate of drug-likeness (QED) is 0.581. The van der Waals surface area contributed by atoms with Gasteiger partial charge < -0.3 is 15.5 Å². The number of aliphatic hydroxyl groups excluding tert-OH is 1. The molecule has 1 aromatic rings. The van der Waals surface area contributed by atoms with Crippen molar-refractivity contribution in [1.29, 1.82) is 0 Å². The number of aliphatic hydroxyl groups is 1. The Balaban J connectivity index is 2.77. The number of rotatable bonds is 7. The number of unbranched alkanes of at least 4 members (excludes halogenated alkanes) is 1. The second-order valence-corrected chi connectivity index (χ2v) is 8.16. The third kappa shape index (κ3) is 4.55. The van der Waals surface area contributed by atoms with Crippen molar-refractivity contribution in [3.63, 3.8) is 0 Å². The number of halogens is 1. The van der Waals surface area contributed by atoms with Crippen molar-refractivity contribution in [3.8, 4) is 5.75 Å². The van der Waals surface area contributed by atoms with Crippen LogP contribution in [0.2, 0.25) is 0 Å². The fourth-order valence-electron chi connectivity index (χ4n) is 4.02. The zero-order chi connectivity index (χ0) is 20.3. The molecule has 1 aliphatic rings. The molecule has 0 saturated carbocycles. The van der Waals surface area contributed by atoms with Gasteiger partial charge in [-0.15, -0.1) is 0 Å². The lowest BCUT2D eigenvalue weighted by molar-refractivity contribution is 0.219. The van der Waals surface area contributed by atoms with Crippen LogP contribution in [0.1, 0.15) is 72.3 Å². The Labute approximate surface area is 163 Å². The minimum absolute atomic E-state index is 0.0553. The lowest BCUT2D eigenvalue weighted by Crippen LogP contribution is -2.34. The van der Waals surface area contributed by atoms with E-state index in [4.69, 9.17) is 0 Å². The van der Waals surface area contributed by atoms with E-state index in [0.717, 1.165) is 36.2 Å². The van der Waals surface area contributed by atoms with Gasteiger partial charge in [0.15, 0.2) is 0 Å². The number of hydrogen-bond donors (Lipinski definition) is 3. The maximum absolute atomic E-state index is 13.6. The summed E-state index contributed by atoms with van der Waals surface area (Å²) in [5, 5.41) is 24.8. The topological polar surface area (TPSA) is 52.5 Å². The highest BCUT2D eigenvalue weighted by atomic mass is 19.1. The number of dihydropyridines is 1. The molecule has 2 atom stereocenters. The van der Waals surface area contributed by atoms with Gasteiger partial charge in [-0.1, -0.05) is 47.1 Å². The zero-order valence-electron chi connectivity index (χ0n) is 17.4. The van der Waals surface area contributed by atoms with E-state index in [-0.39, 0.29) is 23.5 Å². The standard InChI is InChI=1S/C23H34FNO2/c1-7-8-9-18-21(17-11-10-16(24)12-19(17)27)20(15(6)26)23(14(4)5)25-22(18)13(2)3/h10-15,21,25-27H,7-9H2,1-6H3/t15-,21?/m1/s1. The lowest BCUT2D eigenvalue weighted by Gasteiger charge is -2.39. The molecule has 1 aromatic carbocycles. The predicted octanol–water partition coefficient (Wildman–Crippen LogP) is 5.61. The van der Waals surface area contributed by atoms with Crippen LogP contribution in [0.4, 0.5) is 4.39 Å². The molecule has 2 rings (SSSR count). The van der Waals surface area contributed by atoms with Gasteiger partial charge in [-0.3, -0.25) is 0 Å². The van der Waals surface area contributed by atoms with Gasteiger partial charge >= 0.3 is 0 Å². The third-order valence-corrected chi connectivity index (χ3v) is 5.29. The highest BCUT2D eigenvalue weighted by Crippen LogP contribution is 2.46. The van der Waals surface area contributed by atoms with Crippen molar-refractivity contribution in [2.45, 2.75) is 72.8 Å². The van der Waals surface area contributed by atoms with Crippen molar-refractivity contribution in [2.24, 2.45) is 11.8 Å². The largest absolute Gasteiger partial charge is 0.508 e. The van der Waals surface area contributed by atoms with Crippen molar-refractivity contribution < 1.29 is 14.6 Å². The summed E-state index contributed by atoms with van der Waals surface area (Å²) in [4.78, 5) is 0. The molecular formula is C23H34FNO2. The third-order valence-electron chi connectivity index (χ3n) is 5.29. The van der Waals surface area contributed by atoms with Crippen LogP contribution >= 0.6 is 0 Å². The van der Waals surface area contributed by atoms with Crippen molar-refractivity contribution in [1.82, 2.24) is 5.32 Å². The molecule has 0 aliphatic carbocycles. The van der Waals surface area contributed by atoms with E-state index in [2.05, 4.69) is 39.9 Å². The van der Waals surface area contributed by atoms with Crippen LogP contribution in [-0.4, -0.2) is 16.3 Å². The molecule has 0 spiro atoms. The zero-order valence-corrected chi connectivity index (χ0v) is 17.4. The fraction of sp³-hybridized carbons (Fsp3) is 0.565. The Hall–Kier alpha value is -1.81. The van der Waals surface area contributed by atoms with Gasteiger partial charge in [0, 0.05) is 28.9 Å². The monoisotopic (exact) mass is 375 g/mol. The van der Waals surface area contributed by atoms with Gasteiger partial charge in [0.1, 0.15) is 11.6 Å². The molecule has 0 fully saturated rings. The molecule has 27 heavy (non-hydrogen) atoms. The van der Waals surface area contributed by atoms with E-state index in [0.29, 0.717) is 5.56 Å². The van der Waals surface area contributed by atoms with E-state index < -0.39 is 11.9 Å². The van der Waals surface area contributed by atoms with Crippen LogP contribution < -0.4 is 5.32 Å². The average Bonchev–Trinajstić information content (AvgIpc) is 2.58. The Morgan fingerprint density at radius 2 is 1.70 bits per heavy atom. The number of allylic oxidation sites excluding steroid dienone is 3. The van der Waals surface area contributed by atoms with E-state index in [1.165, 1.54) is 17.7 Å². The normalized spacial score (nSPS) is 19.1. The van der Waals surface area contributed by atoms with Crippen LogP contribution in [0.15, 0.2) is 40.7 Å². The number of hydrogen-bond acceptors (Lipinski definition) is 3. The summed E-state index contributed by atoms with van der Waals surface area (Å²) in [6.45, 7) is 12.4.